The summed E-state index contributed by atoms with van der Waals surface area (Å²) in [5, 5.41) is 0. The van der Waals surface area contributed by atoms with Gasteiger partial charge in [0.2, 0.25) is 0 Å². The van der Waals surface area contributed by atoms with Crippen molar-refractivity contribution in [2.24, 2.45) is 22.7 Å². The molecule has 0 aromatic carbocycles. The topological polar surface area (TPSA) is 99.1 Å². The molecule has 1 saturated heterocycles. The van der Waals surface area contributed by atoms with Crippen LogP contribution in [0.3, 0.4) is 0 Å². The Bertz CT molecular complexity index is 745. The molecule has 1 heterocycles. The van der Waals surface area contributed by atoms with Gasteiger partial charge in [0.15, 0.2) is 13.7 Å². The average Bonchev–Trinajstić information content (AvgIpc) is 3.22. The molecule has 2 aliphatic carbocycles. The first-order chi connectivity index (χ1) is 14.2. The molecule has 1 aliphatic heterocycles. The normalized spacial score (nSPS) is 32.9. The highest BCUT2D eigenvalue weighted by molar-refractivity contribution is 6.70. The van der Waals surface area contributed by atoms with E-state index in [-0.39, 0.29) is 23.9 Å². The molecule has 1 N–H and O–H groups in total. The lowest BCUT2D eigenvalue weighted by molar-refractivity contribution is -0.170. The molecule has 2 bridgehead atoms. The van der Waals surface area contributed by atoms with Crippen LogP contribution in [-0.4, -0.2) is 58.1 Å². The van der Waals surface area contributed by atoms with E-state index in [0.717, 1.165) is 6.04 Å². The van der Waals surface area contributed by atoms with Gasteiger partial charge in [-0.25, -0.2) is 0 Å². The van der Waals surface area contributed by atoms with Gasteiger partial charge in [-0.05, 0) is 52.2 Å². The SMILES string of the molecule is CCC(C)(C)C(=O)OC1C2CC3C1OC(=O)C3(C(=O)OC(C[SiH](C)C)C[Si](C)(C)O)C2. The maximum absolute atomic E-state index is 13.4. The minimum absolute atomic E-state index is 0.0767. The van der Waals surface area contributed by atoms with Gasteiger partial charge in [-0.15, -0.1) is 0 Å². The van der Waals surface area contributed by atoms with Crippen molar-refractivity contribution in [2.45, 2.75) is 96.6 Å². The zero-order chi connectivity index (χ0) is 23.4. The first kappa shape index (κ1) is 24.4. The summed E-state index contributed by atoms with van der Waals surface area (Å²) in [7, 11) is -3.48. The lowest BCUT2D eigenvalue weighted by atomic mass is 9.73. The van der Waals surface area contributed by atoms with Crippen LogP contribution >= 0.6 is 0 Å². The molecule has 2 saturated carbocycles. The van der Waals surface area contributed by atoms with Crippen molar-refractivity contribution >= 4 is 35.0 Å². The number of esters is 3. The van der Waals surface area contributed by atoms with Gasteiger partial charge in [0.05, 0.1) is 11.5 Å². The molecule has 3 aliphatic rings. The van der Waals surface area contributed by atoms with Crippen LogP contribution < -0.4 is 0 Å². The van der Waals surface area contributed by atoms with Crippen LogP contribution in [0.1, 0.15) is 40.0 Å². The Balaban J connectivity index is 1.75. The molecule has 3 fully saturated rings. The fourth-order valence-corrected chi connectivity index (χ4v) is 8.38. The zero-order valence-electron chi connectivity index (χ0n) is 19.9. The van der Waals surface area contributed by atoms with Crippen LogP contribution in [-0.2, 0) is 28.6 Å². The molecule has 0 radical (unpaired) electrons. The van der Waals surface area contributed by atoms with Crippen LogP contribution in [0.15, 0.2) is 0 Å². The second-order valence-electron chi connectivity index (χ2n) is 11.4. The first-order valence-electron chi connectivity index (χ1n) is 11.6. The Labute approximate surface area is 187 Å². The molecule has 7 nitrogen and oxygen atoms in total. The van der Waals surface area contributed by atoms with Crippen LogP contribution in [0.2, 0.25) is 38.3 Å². The van der Waals surface area contributed by atoms with Crippen molar-refractivity contribution in [3.8, 4) is 0 Å². The van der Waals surface area contributed by atoms with Crippen molar-refractivity contribution in [1.29, 1.82) is 0 Å². The predicted molar refractivity (Wildman–Crippen MR) is 121 cm³/mol. The van der Waals surface area contributed by atoms with Crippen molar-refractivity contribution in [1.82, 2.24) is 0 Å². The molecule has 0 aromatic heterocycles. The summed E-state index contributed by atoms with van der Waals surface area (Å²) < 4.78 is 17.4. The van der Waals surface area contributed by atoms with E-state index < -0.39 is 52.1 Å². The minimum atomic E-state index is -2.43. The molecule has 0 aromatic rings. The third-order valence-corrected chi connectivity index (χ3v) is 10.3. The highest BCUT2D eigenvalue weighted by atomic mass is 28.4. The Kier molecular flexibility index (Phi) is 6.54. The Morgan fingerprint density at radius 3 is 2.55 bits per heavy atom. The molecule has 0 amide bonds. The molecule has 9 heteroatoms. The van der Waals surface area contributed by atoms with Gasteiger partial charge in [-0.1, -0.05) is 20.0 Å². The Morgan fingerprint density at radius 1 is 1.35 bits per heavy atom. The van der Waals surface area contributed by atoms with E-state index in [1.165, 1.54) is 0 Å². The van der Waals surface area contributed by atoms with Gasteiger partial charge in [0, 0.05) is 26.7 Å². The molecular weight excluding hydrogens is 432 g/mol. The number of ether oxygens (including phenoxy) is 3. The lowest BCUT2D eigenvalue weighted by Crippen LogP contribution is -2.47. The van der Waals surface area contributed by atoms with Gasteiger partial charge in [-0.3, -0.25) is 14.4 Å². The van der Waals surface area contributed by atoms with Crippen molar-refractivity contribution < 1.29 is 33.4 Å². The summed E-state index contributed by atoms with van der Waals surface area (Å²) in [6.45, 7) is 13.7. The summed E-state index contributed by atoms with van der Waals surface area (Å²) in [5.74, 6) is -1.72. The summed E-state index contributed by atoms with van der Waals surface area (Å²) >= 11 is 0. The quantitative estimate of drug-likeness (QED) is 0.239. The third-order valence-electron chi connectivity index (χ3n) is 7.35. The van der Waals surface area contributed by atoms with E-state index in [9.17, 15) is 19.2 Å². The van der Waals surface area contributed by atoms with Crippen molar-refractivity contribution in [3.05, 3.63) is 0 Å². The van der Waals surface area contributed by atoms with E-state index in [1.54, 1.807) is 0 Å². The molecule has 0 spiro atoms. The van der Waals surface area contributed by atoms with E-state index in [1.807, 2.05) is 33.9 Å². The number of carbonyl (C=O) groups is 3. The molecule has 6 unspecified atom stereocenters. The van der Waals surface area contributed by atoms with Gasteiger partial charge in [0.25, 0.3) is 0 Å². The first-order valence-corrected chi connectivity index (χ1v) is 17.8. The summed E-state index contributed by atoms with van der Waals surface area (Å²) in [6.07, 6.45) is 0.168. The van der Waals surface area contributed by atoms with Gasteiger partial charge < -0.3 is 19.0 Å². The molecule has 6 atom stereocenters. The number of carbonyl (C=O) groups excluding carboxylic acids is 3. The summed E-state index contributed by atoms with van der Waals surface area (Å²) in [6, 6.07) is 1.25. The zero-order valence-corrected chi connectivity index (χ0v) is 22.1. The van der Waals surface area contributed by atoms with E-state index >= 15 is 0 Å². The maximum Gasteiger partial charge on any atom is 0.324 e. The highest BCUT2D eigenvalue weighted by Gasteiger charge is 2.75. The summed E-state index contributed by atoms with van der Waals surface area (Å²) in [4.78, 5) is 49.3. The Hall–Kier alpha value is -1.20. The smallest absolute Gasteiger partial charge is 0.324 e. The number of hydrogen-bond acceptors (Lipinski definition) is 7. The molecular formula is C22H38O7Si2. The molecule has 31 heavy (non-hydrogen) atoms. The van der Waals surface area contributed by atoms with Crippen LogP contribution in [0.25, 0.3) is 0 Å². The monoisotopic (exact) mass is 470 g/mol. The van der Waals surface area contributed by atoms with Gasteiger partial charge >= 0.3 is 17.9 Å². The van der Waals surface area contributed by atoms with Crippen molar-refractivity contribution in [3.63, 3.8) is 0 Å². The second-order valence-corrected chi connectivity index (χ2v) is 18.7. The fraction of sp³-hybridized carbons (Fsp3) is 0.864. The van der Waals surface area contributed by atoms with E-state index in [2.05, 4.69) is 13.1 Å². The van der Waals surface area contributed by atoms with Crippen LogP contribution in [0.5, 0.6) is 0 Å². The van der Waals surface area contributed by atoms with E-state index in [4.69, 9.17) is 14.2 Å². The average molecular weight is 471 g/mol. The number of hydrogen-bond donors (Lipinski definition) is 1. The minimum Gasteiger partial charge on any atom is -0.462 e. The van der Waals surface area contributed by atoms with Gasteiger partial charge in [-0.2, -0.15) is 0 Å². The van der Waals surface area contributed by atoms with E-state index in [0.29, 0.717) is 25.3 Å². The fourth-order valence-electron chi connectivity index (χ4n) is 5.37. The molecule has 3 rings (SSSR count). The van der Waals surface area contributed by atoms with Gasteiger partial charge in [0.1, 0.15) is 12.2 Å². The number of rotatable bonds is 9. The Morgan fingerprint density at radius 2 is 2.00 bits per heavy atom. The van der Waals surface area contributed by atoms with Crippen LogP contribution in [0.4, 0.5) is 0 Å². The standard InChI is InChI=1S/C22H38O7Si2/c1-8-21(2,3)18(23)28-16-13-9-15-17(16)29-20(25)22(15,10-13)19(24)27-14(11-30(4)5)12-31(6,7)26/h13-17,26,30H,8-12H2,1-7H3. The maximum atomic E-state index is 13.4. The highest BCUT2D eigenvalue weighted by Crippen LogP contribution is 2.63. The van der Waals surface area contributed by atoms with Crippen molar-refractivity contribution in [2.75, 3.05) is 0 Å². The second kappa shape index (κ2) is 8.30. The summed E-state index contributed by atoms with van der Waals surface area (Å²) in [5.41, 5.74) is -1.88. The number of fused-ring (bicyclic) bond motifs is 1. The lowest BCUT2D eigenvalue weighted by Gasteiger charge is -2.33. The third kappa shape index (κ3) is 4.50. The molecule has 176 valence electrons. The largest absolute Gasteiger partial charge is 0.462 e. The predicted octanol–water partition coefficient (Wildman–Crippen LogP) is 2.88. The van der Waals surface area contributed by atoms with Crippen LogP contribution in [0, 0.1) is 22.7 Å².